The molecule has 1 heterocycles. The number of aromatic nitrogens is 2. The van der Waals surface area contributed by atoms with Gasteiger partial charge in [0.05, 0.1) is 0 Å². The number of nitrogens with zero attached hydrogens (tertiary/aromatic N) is 2. The molecule has 0 bridgehead atoms. The molecule has 0 saturated heterocycles. The van der Waals surface area contributed by atoms with Crippen LogP contribution in [0.1, 0.15) is 16.1 Å². The van der Waals surface area contributed by atoms with Crippen molar-refractivity contribution in [3.8, 4) is 17.1 Å². The van der Waals surface area contributed by atoms with Crippen LogP contribution >= 0.6 is 11.6 Å². The van der Waals surface area contributed by atoms with Crippen molar-refractivity contribution >= 4 is 45.0 Å². The van der Waals surface area contributed by atoms with Gasteiger partial charge in [0.1, 0.15) is 0 Å². The molecule has 0 amide bonds. The van der Waals surface area contributed by atoms with Gasteiger partial charge in [0.2, 0.25) is 0 Å². The number of methoxy groups -OCH3 is 1. The summed E-state index contributed by atoms with van der Waals surface area (Å²) in [5, 5.41) is 9.32. The Balaban J connectivity index is 2.74. The van der Waals surface area contributed by atoms with Crippen LogP contribution in [0.15, 0.2) is 18.7 Å². The number of carbonyl (C=O) groups is 1. The van der Waals surface area contributed by atoms with Crippen LogP contribution in [-0.2, 0) is 0 Å². The molecule has 0 fully saturated rings. The molecular formula is C14H9AsClFN2O3. The van der Waals surface area contributed by atoms with E-state index in [0.29, 0.717) is 4.48 Å². The summed E-state index contributed by atoms with van der Waals surface area (Å²) in [6, 6.07) is 2.79. The van der Waals surface area contributed by atoms with Crippen molar-refractivity contribution in [3.63, 3.8) is 0 Å². The quantitative estimate of drug-likeness (QED) is 0.820. The van der Waals surface area contributed by atoms with Crippen molar-refractivity contribution in [1.29, 1.82) is 0 Å². The van der Waals surface area contributed by atoms with Crippen molar-refractivity contribution < 1.29 is 19.0 Å². The molecule has 0 unspecified atom stereocenters. The predicted molar refractivity (Wildman–Crippen MR) is 81.4 cm³/mol. The van der Waals surface area contributed by atoms with Crippen LogP contribution in [0.2, 0.25) is 5.02 Å². The Hall–Kier alpha value is -1.91. The van der Waals surface area contributed by atoms with Gasteiger partial charge in [0, 0.05) is 0 Å². The molecule has 2 rings (SSSR count). The van der Waals surface area contributed by atoms with Gasteiger partial charge >= 0.3 is 139 Å². The molecule has 0 spiro atoms. The van der Waals surface area contributed by atoms with Crippen LogP contribution in [0, 0.1) is 5.82 Å². The van der Waals surface area contributed by atoms with Crippen LogP contribution in [0.5, 0.6) is 5.75 Å². The van der Waals surface area contributed by atoms with Gasteiger partial charge in [0.25, 0.3) is 0 Å². The fourth-order valence-corrected chi connectivity index (χ4v) is 2.66. The number of hydrogen-bond acceptors (Lipinski definition) is 4. The normalized spacial score (nSPS) is 10.4. The van der Waals surface area contributed by atoms with Crippen LogP contribution in [-0.4, -0.2) is 45.0 Å². The van der Waals surface area contributed by atoms with Crippen LogP contribution in [0.25, 0.3) is 17.5 Å². The van der Waals surface area contributed by atoms with E-state index in [1.807, 2.05) is 0 Å². The first-order valence-corrected chi connectivity index (χ1v) is 7.21. The summed E-state index contributed by atoms with van der Waals surface area (Å²) >= 11 is 7.94. The van der Waals surface area contributed by atoms with Crippen molar-refractivity contribution in [2.24, 2.45) is 0 Å². The second-order valence-corrected chi connectivity index (χ2v) is 5.38. The van der Waals surface area contributed by atoms with Gasteiger partial charge in [-0.15, -0.1) is 0 Å². The third-order valence-corrected chi connectivity index (χ3v) is 3.84. The molecule has 5 nitrogen and oxygen atoms in total. The van der Waals surface area contributed by atoms with E-state index in [1.165, 1.54) is 25.3 Å². The Morgan fingerprint density at radius 3 is 2.73 bits per heavy atom. The summed E-state index contributed by atoms with van der Waals surface area (Å²) in [7, 11) is 1.28. The van der Waals surface area contributed by atoms with Crippen LogP contribution < -0.4 is 9.22 Å². The monoisotopic (exact) mass is 382 g/mol. The molecule has 2 aromatic rings. The first-order chi connectivity index (χ1) is 10.4. The summed E-state index contributed by atoms with van der Waals surface area (Å²) in [6.45, 7) is 3.53. The Morgan fingerprint density at radius 1 is 1.50 bits per heavy atom. The molecule has 0 saturated carbocycles. The van der Waals surface area contributed by atoms with Crippen molar-refractivity contribution in [1.82, 2.24) is 9.97 Å². The number of rotatable bonds is 4. The summed E-state index contributed by atoms with van der Waals surface area (Å²) < 4.78 is 19.6. The fourth-order valence-electron chi connectivity index (χ4n) is 1.82. The molecule has 112 valence electrons. The van der Waals surface area contributed by atoms with E-state index in [0.717, 1.165) is 0 Å². The third-order valence-electron chi connectivity index (χ3n) is 2.83. The number of hydrogen-bond donors (Lipinski definition) is 1. The average molecular weight is 383 g/mol. The standard InChI is InChI=1S/C14H9AsClFN2O3/c1-3-6-10(14(20)21)18-13(19-12(6)15)7-4-5-8(16)11(22-2)9(7)17/h3-5H,1H2,2H3,(H,20,21). The third kappa shape index (κ3) is 2.85. The zero-order valence-electron chi connectivity index (χ0n) is 11.3. The van der Waals surface area contributed by atoms with Gasteiger partial charge in [-0.3, -0.25) is 0 Å². The molecule has 22 heavy (non-hydrogen) atoms. The summed E-state index contributed by atoms with van der Waals surface area (Å²) in [5.41, 5.74) is -0.00630. The zero-order valence-corrected chi connectivity index (χ0v) is 13.9. The molecule has 1 N–H and O–H groups in total. The fraction of sp³-hybridized carbons (Fsp3) is 0.0714. The van der Waals surface area contributed by atoms with Gasteiger partial charge < -0.3 is 0 Å². The van der Waals surface area contributed by atoms with E-state index in [9.17, 15) is 14.3 Å². The van der Waals surface area contributed by atoms with Gasteiger partial charge in [-0.2, -0.15) is 0 Å². The number of aromatic carboxylic acids is 1. The van der Waals surface area contributed by atoms with Gasteiger partial charge in [-0.1, -0.05) is 0 Å². The van der Waals surface area contributed by atoms with Gasteiger partial charge in [0.15, 0.2) is 0 Å². The molecule has 8 heteroatoms. The first kappa shape index (κ1) is 16.5. The van der Waals surface area contributed by atoms with Crippen molar-refractivity contribution in [2.45, 2.75) is 0 Å². The molecular weight excluding hydrogens is 374 g/mol. The Morgan fingerprint density at radius 2 is 2.18 bits per heavy atom. The van der Waals surface area contributed by atoms with Crippen LogP contribution in [0.4, 0.5) is 4.39 Å². The molecule has 0 aliphatic heterocycles. The second-order valence-electron chi connectivity index (χ2n) is 4.08. The maximum absolute atomic E-state index is 14.4. The van der Waals surface area contributed by atoms with Crippen molar-refractivity contribution in [3.05, 3.63) is 40.8 Å². The van der Waals surface area contributed by atoms with E-state index in [4.69, 9.17) is 16.3 Å². The second kappa shape index (κ2) is 6.46. The minimum atomic E-state index is -1.26. The van der Waals surface area contributed by atoms with E-state index >= 15 is 0 Å². The number of carboxylic acids is 1. The van der Waals surface area contributed by atoms with E-state index < -0.39 is 11.8 Å². The molecule has 1 aromatic heterocycles. The maximum atomic E-state index is 14.4. The number of halogens is 2. The van der Waals surface area contributed by atoms with Crippen LogP contribution in [0.3, 0.4) is 0 Å². The Labute approximate surface area is 139 Å². The van der Waals surface area contributed by atoms with E-state index in [1.54, 1.807) is 0 Å². The Bertz CT molecular complexity index is 783. The first-order valence-electron chi connectivity index (χ1n) is 5.89. The molecule has 2 radical (unpaired) electrons. The molecule has 0 atom stereocenters. The van der Waals surface area contributed by atoms with E-state index in [2.05, 4.69) is 33.4 Å². The van der Waals surface area contributed by atoms with Gasteiger partial charge in [-0.25, -0.2) is 0 Å². The summed E-state index contributed by atoms with van der Waals surface area (Å²) in [4.78, 5) is 19.3. The summed E-state index contributed by atoms with van der Waals surface area (Å²) in [5.74, 6) is -2.25. The molecule has 0 aliphatic carbocycles. The predicted octanol–water partition coefficient (Wildman–Crippen LogP) is 2.08. The Kier molecular flexibility index (Phi) is 4.83. The minimum absolute atomic E-state index is 0.00772. The number of benzene rings is 1. The average Bonchev–Trinajstić information content (AvgIpc) is 2.46. The zero-order chi connectivity index (χ0) is 16.4. The van der Waals surface area contributed by atoms with E-state index in [-0.39, 0.29) is 33.4 Å². The number of ether oxygens (including phenoxy) is 1. The molecule has 1 aromatic carbocycles. The SMILES string of the molecule is C=Cc1c([As])nc(-c2ccc(Cl)c(OC)c2F)nc1C(=O)O. The van der Waals surface area contributed by atoms with Crippen molar-refractivity contribution in [2.75, 3.05) is 7.11 Å². The summed E-state index contributed by atoms with van der Waals surface area (Å²) in [6.07, 6.45) is 1.33. The van der Waals surface area contributed by atoms with Gasteiger partial charge in [-0.05, 0) is 0 Å². The topological polar surface area (TPSA) is 72.3 Å². The number of carboxylic acid groups (broad SMARTS) is 1. The molecule has 0 aliphatic rings.